The second-order valence-electron chi connectivity index (χ2n) is 4.45. The number of hydrogen-bond donors (Lipinski definition) is 1. The fraction of sp³-hybridized carbons (Fsp3) is 0.154. The number of nitrogens with zero attached hydrogens (tertiary/aromatic N) is 3. The zero-order valence-corrected chi connectivity index (χ0v) is 13.2. The van der Waals surface area contributed by atoms with Crippen LogP contribution in [0.25, 0.3) is 10.2 Å². The van der Waals surface area contributed by atoms with Crippen LogP contribution in [-0.2, 0) is 7.05 Å². The molecule has 0 aliphatic heterocycles. The molecular formula is C13H9ClF2N4O2S. The van der Waals surface area contributed by atoms with Gasteiger partial charge < -0.3 is 4.74 Å². The Balaban J connectivity index is 1.85. The summed E-state index contributed by atoms with van der Waals surface area (Å²) in [6.45, 7) is -2.90. The Hall–Kier alpha value is -2.26. The monoisotopic (exact) mass is 358 g/mol. The maximum Gasteiger partial charge on any atom is 0.387 e. The largest absolute Gasteiger partial charge is 0.435 e. The van der Waals surface area contributed by atoms with Crippen LogP contribution in [0.4, 0.5) is 13.9 Å². The Morgan fingerprint density at radius 3 is 2.91 bits per heavy atom. The Morgan fingerprint density at radius 2 is 2.26 bits per heavy atom. The highest BCUT2D eigenvalue weighted by molar-refractivity contribution is 7.22. The van der Waals surface area contributed by atoms with Crippen LogP contribution in [0.1, 0.15) is 10.5 Å². The van der Waals surface area contributed by atoms with Crippen LogP contribution < -0.4 is 10.1 Å². The van der Waals surface area contributed by atoms with Crippen LogP contribution in [-0.4, -0.2) is 27.3 Å². The molecule has 10 heteroatoms. The molecule has 0 saturated heterocycles. The predicted molar refractivity (Wildman–Crippen MR) is 82.4 cm³/mol. The van der Waals surface area contributed by atoms with E-state index >= 15 is 0 Å². The maximum atomic E-state index is 12.2. The van der Waals surface area contributed by atoms with E-state index in [1.807, 2.05) is 0 Å². The molecule has 2 aromatic heterocycles. The van der Waals surface area contributed by atoms with Crippen molar-refractivity contribution in [3.63, 3.8) is 0 Å². The Labute approximate surface area is 137 Å². The fourth-order valence-electron chi connectivity index (χ4n) is 1.96. The highest BCUT2D eigenvalue weighted by atomic mass is 35.5. The van der Waals surface area contributed by atoms with E-state index < -0.39 is 12.5 Å². The van der Waals surface area contributed by atoms with Crippen LogP contribution in [0.2, 0.25) is 5.02 Å². The molecule has 23 heavy (non-hydrogen) atoms. The number of halogens is 3. The summed E-state index contributed by atoms with van der Waals surface area (Å²) in [6.07, 6.45) is 1.36. The van der Waals surface area contributed by atoms with Crippen LogP contribution in [0.5, 0.6) is 5.75 Å². The number of fused-ring (bicyclic) bond motifs is 1. The molecule has 0 atom stereocenters. The molecule has 0 aliphatic rings. The minimum atomic E-state index is -2.90. The number of anilines is 1. The molecule has 1 amide bonds. The van der Waals surface area contributed by atoms with E-state index in [0.717, 1.165) is 11.3 Å². The van der Waals surface area contributed by atoms with Crippen molar-refractivity contribution in [2.45, 2.75) is 6.61 Å². The average Bonchev–Trinajstić information content (AvgIpc) is 3.00. The lowest BCUT2D eigenvalue weighted by atomic mass is 10.3. The van der Waals surface area contributed by atoms with E-state index in [1.54, 1.807) is 7.05 Å². The van der Waals surface area contributed by atoms with Gasteiger partial charge in [0.15, 0.2) is 5.13 Å². The maximum absolute atomic E-state index is 12.2. The van der Waals surface area contributed by atoms with Crippen LogP contribution in [0, 0.1) is 0 Å². The summed E-state index contributed by atoms with van der Waals surface area (Å²) >= 11 is 7.04. The minimum Gasteiger partial charge on any atom is -0.435 e. The number of alkyl halides is 2. The van der Waals surface area contributed by atoms with Gasteiger partial charge in [-0.15, -0.1) is 0 Å². The quantitative estimate of drug-likeness (QED) is 0.774. The number of hydrogen-bond acceptors (Lipinski definition) is 5. The number of thiazole rings is 1. The standard InChI is InChI=1S/C13H9ClF2N4O2S/c1-20-10(7(14)5-17-20)11(21)19-13-18-8-3-2-6(22-12(15)16)4-9(8)23-13/h2-5,12H,1H3,(H,18,19,21). The van der Waals surface area contributed by atoms with Gasteiger partial charge in [-0.3, -0.25) is 14.8 Å². The number of aryl methyl sites for hydroxylation is 1. The first-order valence-corrected chi connectivity index (χ1v) is 7.48. The zero-order chi connectivity index (χ0) is 16.6. The van der Waals surface area contributed by atoms with Gasteiger partial charge in [-0.25, -0.2) is 4.98 Å². The van der Waals surface area contributed by atoms with Crippen molar-refractivity contribution in [3.8, 4) is 5.75 Å². The van der Waals surface area contributed by atoms with Crippen molar-refractivity contribution in [2.75, 3.05) is 5.32 Å². The van der Waals surface area contributed by atoms with Crippen LogP contribution in [0.3, 0.4) is 0 Å². The van der Waals surface area contributed by atoms with Gasteiger partial charge in [0.25, 0.3) is 5.91 Å². The molecule has 0 fully saturated rings. The molecule has 120 valence electrons. The fourth-order valence-corrected chi connectivity index (χ4v) is 3.10. The number of nitrogens with one attached hydrogen (secondary N) is 1. The van der Waals surface area contributed by atoms with Crippen molar-refractivity contribution in [2.24, 2.45) is 7.05 Å². The van der Waals surface area contributed by atoms with Gasteiger partial charge in [0.05, 0.1) is 21.4 Å². The van der Waals surface area contributed by atoms with E-state index in [9.17, 15) is 13.6 Å². The molecule has 1 N–H and O–H groups in total. The topological polar surface area (TPSA) is 69.0 Å². The van der Waals surface area contributed by atoms with E-state index in [0.29, 0.717) is 15.3 Å². The smallest absolute Gasteiger partial charge is 0.387 e. The summed E-state index contributed by atoms with van der Waals surface area (Å²) in [6, 6.07) is 4.36. The Morgan fingerprint density at radius 1 is 1.48 bits per heavy atom. The number of aromatic nitrogens is 3. The van der Waals surface area contributed by atoms with Crippen molar-refractivity contribution in [3.05, 3.63) is 35.1 Å². The van der Waals surface area contributed by atoms with E-state index in [-0.39, 0.29) is 16.5 Å². The van der Waals surface area contributed by atoms with Gasteiger partial charge in [-0.2, -0.15) is 13.9 Å². The lowest BCUT2D eigenvalue weighted by Crippen LogP contribution is -2.16. The molecule has 6 nitrogen and oxygen atoms in total. The highest BCUT2D eigenvalue weighted by Crippen LogP contribution is 2.30. The number of carbonyl (C=O) groups excluding carboxylic acids is 1. The predicted octanol–water partition coefficient (Wildman–Crippen LogP) is 3.54. The molecule has 0 saturated carbocycles. The van der Waals surface area contributed by atoms with Gasteiger partial charge in [0.1, 0.15) is 11.4 Å². The minimum absolute atomic E-state index is 0.0312. The van der Waals surface area contributed by atoms with E-state index in [1.165, 1.54) is 29.1 Å². The molecule has 0 bridgehead atoms. The van der Waals surface area contributed by atoms with Gasteiger partial charge in [0.2, 0.25) is 0 Å². The number of amides is 1. The normalized spacial score (nSPS) is 11.2. The van der Waals surface area contributed by atoms with E-state index in [2.05, 4.69) is 20.1 Å². The lowest BCUT2D eigenvalue weighted by Gasteiger charge is -2.02. The third-order valence-electron chi connectivity index (χ3n) is 2.91. The highest BCUT2D eigenvalue weighted by Gasteiger charge is 2.17. The first-order chi connectivity index (χ1) is 10.9. The Kier molecular flexibility index (Phi) is 4.14. The molecule has 0 radical (unpaired) electrons. The van der Waals surface area contributed by atoms with E-state index in [4.69, 9.17) is 11.6 Å². The van der Waals surface area contributed by atoms with Gasteiger partial charge >= 0.3 is 6.61 Å². The zero-order valence-electron chi connectivity index (χ0n) is 11.6. The van der Waals surface area contributed by atoms with Gasteiger partial charge in [0, 0.05) is 7.05 Å². The number of ether oxygens (including phenoxy) is 1. The first kappa shape index (κ1) is 15.6. The second kappa shape index (κ2) is 6.09. The third-order valence-corrected chi connectivity index (χ3v) is 4.12. The first-order valence-electron chi connectivity index (χ1n) is 6.28. The van der Waals surface area contributed by atoms with Crippen LogP contribution >= 0.6 is 22.9 Å². The van der Waals surface area contributed by atoms with Gasteiger partial charge in [-0.05, 0) is 18.2 Å². The molecule has 1 aromatic carbocycles. The van der Waals surface area contributed by atoms with Crippen molar-refractivity contribution in [1.82, 2.24) is 14.8 Å². The lowest BCUT2D eigenvalue weighted by molar-refractivity contribution is -0.0497. The second-order valence-corrected chi connectivity index (χ2v) is 5.88. The number of benzene rings is 1. The molecule has 3 aromatic rings. The molecule has 3 rings (SSSR count). The summed E-state index contributed by atoms with van der Waals surface area (Å²) in [7, 11) is 1.59. The summed E-state index contributed by atoms with van der Waals surface area (Å²) < 4.78 is 30.7. The van der Waals surface area contributed by atoms with Gasteiger partial charge in [-0.1, -0.05) is 22.9 Å². The van der Waals surface area contributed by atoms with Crippen LogP contribution in [0.15, 0.2) is 24.4 Å². The Bertz CT molecular complexity index is 861. The molecule has 0 aliphatic carbocycles. The number of rotatable bonds is 4. The number of carbonyl (C=O) groups is 1. The summed E-state index contributed by atoms with van der Waals surface area (Å²) in [5.41, 5.74) is 0.760. The summed E-state index contributed by atoms with van der Waals surface area (Å²) in [5, 5.41) is 7.03. The molecule has 0 spiro atoms. The van der Waals surface area contributed by atoms with Crippen molar-refractivity contribution >= 4 is 44.2 Å². The summed E-state index contributed by atoms with van der Waals surface area (Å²) in [4.78, 5) is 16.4. The molecule has 2 heterocycles. The summed E-state index contributed by atoms with van der Waals surface area (Å²) in [5.74, 6) is -0.429. The third kappa shape index (κ3) is 3.25. The van der Waals surface area contributed by atoms with Crippen molar-refractivity contribution < 1.29 is 18.3 Å². The van der Waals surface area contributed by atoms with Crippen molar-refractivity contribution in [1.29, 1.82) is 0 Å². The molecule has 0 unspecified atom stereocenters. The molecular weight excluding hydrogens is 350 g/mol. The average molecular weight is 359 g/mol. The SMILES string of the molecule is Cn1ncc(Cl)c1C(=O)Nc1nc2ccc(OC(F)F)cc2s1.